The molecule has 16 heavy (non-hydrogen) atoms. The molecule has 2 N–H and O–H groups in total. The molecule has 1 heterocycles. The number of methoxy groups -OCH3 is 1. The van der Waals surface area contributed by atoms with Gasteiger partial charge in [0.2, 0.25) is 17.7 Å². The van der Waals surface area contributed by atoms with Gasteiger partial charge in [0.05, 0.1) is 19.7 Å². The van der Waals surface area contributed by atoms with Gasteiger partial charge in [0.15, 0.2) is 0 Å². The van der Waals surface area contributed by atoms with Gasteiger partial charge >= 0.3 is 0 Å². The van der Waals surface area contributed by atoms with Gasteiger partial charge in [-0.05, 0) is 0 Å². The number of rotatable bonds is 5. The second kappa shape index (κ2) is 6.19. The summed E-state index contributed by atoms with van der Waals surface area (Å²) < 4.78 is 4.75. The number of hydrogen-bond donors (Lipinski definition) is 2. The van der Waals surface area contributed by atoms with Gasteiger partial charge in [-0.2, -0.15) is 0 Å². The fourth-order valence-corrected chi connectivity index (χ4v) is 1.27. The Bertz CT molecular complexity index is 276. The van der Waals surface area contributed by atoms with Crippen LogP contribution in [0.5, 0.6) is 0 Å². The first-order valence-electron chi connectivity index (χ1n) is 4.94. The molecule has 0 aliphatic carbocycles. The molecule has 0 spiro atoms. The van der Waals surface area contributed by atoms with E-state index in [1.165, 1.54) is 7.11 Å². The van der Waals surface area contributed by atoms with Crippen molar-refractivity contribution in [2.45, 2.75) is 0 Å². The standard InChI is InChI=1S/C9H15N3O4/c1-16-3-2-11-7(13)6-12-8(14)4-10-5-9(12)15/h10H,2-6H2,1H3,(H,11,13). The summed E-state index contributed by atoms with van der Waals surface area (Å²) in [6.07, 6.45) is 0. The van der Waals surface area contributed by atoms with Gasteiger partial charge < -0.3 is 10.1 Å². The number of nitrogens with zero attached hydrogens (tertiary/aromatic N) is 1. The van der Waals surface area contributed by atoms with E-state index < -0.39 is 0 Å². The quantitative estimate of drug-likeness (QED) is 0.409. The zero-order chi connectivity index (χ0) is 12.0. The first-order chi connectivity index (χ1) is 7.65. The Kier molecular flexibility index (Phi) is 4.87. The fraction of sp³-hybridized carbons (Fsp3) is 0.667. The van der Waals surface area contributed by atoms with E-state index in [1.54, 1.807) is 0 Å². The molecule has 1 aliphatic rings. The molecule has 1 rings (SSSR count). The predicted molar refractivity (Wildman–Crippen MR) is 54.5 cm³/mol. The highest BCUT2D eigenvalue weighted by Crippen LogP contribution is 1.95. The minimum atomic E-state index is -0.377. The van der Waals surface area contributed by atoms with Crippen molar-refractivity contribution in [2.75, 3.05) is 39.9 Å². The first kappa shape index (κ1) is 12.6. The van der Waals surface area contributed by atoms with Crippen LogP contribution >= 0.6 is 0 Å². The zero-order valence-electron chi connectivity index (χ0n) is 9.12. The van der Waals surface area contributed by atoms with Crippen molar-refractivity contribution in [1.29, 1.82) is 0 Å². The van der Waals surface area contributed by atoms with Crippen LogP contribution in [0.4, 0.5) is 0 Å². The third-order valence-electron chi connectivity index (χ3n) is 2.08. The molecule has 0 atom stereocenters. The third-order valence-corrected chi connectivity index (χ3v) is 2.08. The molecule has 0 radical (unpaired) electrons. The lowest BCUT2D eigenvalue weighted by atomic mass is 10.3. The molecular formula is C9H15N3O4. The maximum atomic E-state index is 11.3. The molecule has 0 aromatic heterocycles. The second-order valence-corrected chi connectivity index (χ2v) is 3.32. The zero-order valence-corrected chi connectivity index (χ0v) is 9.12. The Morgan fingerprint density at radius 2 is 2.06 bits per heavy atom. The summed E-state index contributed by atoms with van der Waals surface area (Å²) >= 11 is 0. The van der Waals surface area contributed by atoms with E-state index in [0.717, 1.165) is 4.90 Å². The Morgan fingerprint density at radius 3 is 2.62 bits per heavy atom. The lowest BCUT2D eigenvalue weighted by Crippen LogP contribution is -2.54. The molecule has 1 fully saturated rings. The number of ether oxygens (including phenoxy) is 1. The molecule has 0 bridgehead atoms. The van der Waals surface area contributed by atoms with Crippen LogP contribution in [-0.4, -0.2) is 62.5 Å². The molecular weight excluding hydrogens is 214 g/mol. The van der Waals surface area contributed by atoms with Crippen LogP contribution in [0, 0.1) is 0 Å². The molecule has 1 saturated heterocycles. The van der Waals surface area contributed by atoms with Crippen LogP contribution in [0.2, 0.25) is 0 Å². The lowest BCUT2D eigenvalue weighted by molar-refractivity contribution is -0.149. The van der Waals surface area contributed by atoms with Gasteiger partial charge in [-0.25, -0.2) is 0 Å². The Morgan fingerprint density at radius 1 is 1.44 bits per heavy atom. The maximum absolute atomic E-state index is 11.3. The van der Waals surface area contributed by atoms with Gasteiger partial charge in [-0.15, -0.1) is 0 Å². The number of imide groups is 1. The Hall–Kier alpha value is -1.47. The van der Waals surface area contributed by atoms with Crippen LogP contribution in [0.15, 0.2) is 0 Å². The summed E-state index contributed by atoms with van der Waals surface area (Å²) in [7, 11) is 1.52. The summed E-state index contributed by atoms with van der Waals surface area (Å²) in [5.74, 6) is -1.11. The highest BCUT2D eigenvalue weighted by molar-refractivity contribution is 6.02. The van der Waals surface area contributed by atoms with Gasteiger partial charge in [0.25, 0.3) is 0 Å². The van der Waals surface area contributed by atoms with E-state index in [2.05, 4.69) is 10.6 Å². The van der Waals surface area contributed by atoms with Crippen molar-refractivity contribution >= 4 is 17.7 Å². The van der Waals surface area contributed by atoms with Crippen molar-refractivity contribution < 1.29 is 19.1 Å². The summed E-state index contributed by atoms with van der Waals surface area (Å²) in [4.78, 5) is 34.9. The van der Waals surface area contributed by atoms with E-state index in [1.807, 2.05) is 0 Å². The molecule has 3 amide bonds. The summed E-state index contributed by atoms with van der Waals surface area (Å²) in [5, 5.41) is 5.19. The Labute approximate surface area is 93.1 Å². The predicted octanol–water partition coefficient (Wildman–Crippen LogP) is -2.29. The average molecular weight is 229 g/mol. The SMILES string of the molecule is COCCNC(=O)CN1C(=O)CNCC1=O. The smallest absolute Gasteiger partial charge is 0.243 e. The van der Waals surface area contributed by atoms with E-state index in [9.17, 15) is 14.4 Å². The fourth-order valence-electron chi connectivity index (χ4n) is 1.27. The highest BCUT2D eigenvalue weighted by Gasteiger charge is 2.27. The number of carbonyl (C=O) groups excluding carboxylic acids is 3. The lowest BCUT2D eigenvalue weighted by Gasteiger charge is -2.24. The third kappa shape index (κ3) is 3.59. The normalized spacial score (nSPS) is 16.4. The van der Waals surface area contributed by atoms with Gasteiger partial charge in [-0.1, -0.05) is 0 Å². The number of piperazine rings is 1. The highest BCUT2D eigenvalue weighted by atomic mass is 16.5. The van der Waals surface area contributed by atoms with Gasteiger partial charge in [-0.3, -0.25) is 24.6 Å². The molecule has 0 unspecified atom stereocenters. The van der Waals surface area contributed by atoms with E-state index in [0.29, 0.717) is 13.2 Å². The van der Waals surface area contributed by atoms with Crippen molar-refractivity contribution in [3.05, 3.63) is 0 Å². The minimum Gasteiger partial charge on any atom is -0.383 e. The largest absolute Gasteiger partial charge is 0.383 e. The van der Waals surface area contributed by atoms with Crippen LogP contribution in [0.3, 0.4) is 0 Å². The van der Waals surface area contributed by atoms with Crippen LogP contribution in [0.25, 0.3) is 0 Å². The molecule has 0 saturated carbocycles. The Balaban J connectivity index is 2.36. The summed E-state index contributed by atoms with van der Waals surface area (Å²) in [6.45, 7) is 0.732. The van der Waals surface area contributed by atoms with Gasteiger partial charge in [0.1, 0.15) is 6.54 Å². The molecule has 1 aliphatic heterocycles. The van der Waals surface area contributed by atoms with Crippen LogP contribution < -0.4 is 10.6 Å². The molecule has 90 valence electrons. The topological polar surface area (TPSA) is 87.7 Å². The maximum Gasteiger partial charge on any atom is 0.243 e. The summed E-state index contributed by atoms with van der Waals surface area (Å²) in [6, 6.07) is 0. The van der Waals surface area contributed by atoms with Crippen molar-refractivity contribution in [3.63, 3.8) is 0 Å². The average Bonchev–Trinajstić information content (AvgIpc) is 2.24. The number of hydrogen-bond acceptors (Lipinski definition) is 5. The number of amides is 3. The van der Waals surface area contributed by atoms with Crippen molar-refractivity contribution in [2.24, 2.45) is 0 Å². The van der Waals surface area contributed by atoms with Gasteiger partial charge in [0, 0.05) is 13.7 Å². The monoisotopic (exact) mass is 229 g/mol. The van der Waals surface area contributed by atoms with E-state index in [4.69, 9.17) is 4.74 Å². The van der Waals surface area contributed by atoms with Crippen LogP contribution in [-0.2, 0) is 19.1 Å². The molecule has 0 aromatic rings. The van der Waals surface area contributed by atoms with Crippen molar-refractivity contribution in [1.82, 2.24) is 15.5 Å². The molecule has 7 heteroatoms. The molecule has 0 aromatic carbocycles. The van der Waals surface area contributed by atoms with E-state index in [-0.39, 0.29) is 37.4 Å². The summed E-state index contributed by atoms with van der Waals surface area (Å²) in [5.41, 5.74) is 0. The van der Waals surface area contributed by atoms with E-state index >= 15 is 0 Å². The minimum absolute atomic E-state index is 0.0943. The van der Waals surface area contributed by atoms with Crippen molar-refractivity contribution in [3.8, 4) is 0 Å². The first-order valence-corrected chi connectivity index (χ1v) is 4.94. The second-order valence-electron chi connectivity index (χ2n) is 3.32. The number of nitrogens with one attached hydrogen (secondary N) is 2. The van der Waals surface area contributed by atoms with Crippen LogP contribution in [0.1, 0.15) is 0 Å². The molecule has 7 nitrogen and oxygen atoms in total. The number of carbonyl (C=O) groups is 3.